The number of nitrogens with zero attached hydrogens (tertiary/aromatic N) is 1. The predicted octanol–water partition coefficient (Wildman–Crippen LogP) is 8.27. The number of quaternary nitrogens is 1. The Labute approximate surface area is 166 Å². The molecule has 0 spiro atoms. The molecule has 1 aliphatic heterocycles. The van der Waals surface area contributed by atoms with E-state index in [2.05, 4.69) is 13.8 Å². The van der Waals surface area contributed by atoms with Crippen molar-refractivity contribution in [3.05, 3.63) is 0 Å². The van der Waals surface area contributed by atoms with E-state index in [0.29, 0.717) is 0 Å². The van der Waals surface area contributed by atoms with E-state index in [-0.39, 0.29) is 0 Å². The van der Waals surface area contributed by atoms with Gasteiger partial charge in [-0.25, -0.2) is 0 Å². The van der Waals surface area contributed by atoms with E-state index in [9.17, 15) is 0 Å². The van der Waals surface area contributed by atoms with Crippen LogP contribution in [0.15, 0.2) is 0 Å². The van der Waals surface area contributed by atoms with Gasteiger partial charge in [0.1, 0.15) is 0 Å². The maximum Gasteiger partial charge on any atom is 0.0788 e. The van der Waals surface area contributed by atoms with E-state index >= 15 is 0 Å². The first-order chi connectivity index (χ1) is 12.8. The van der Waals surface area contributed by atoms with Crippen LogP contribution in [0.2, 0.25) is 0 Å². The van der Waals surface area contributed by atoms with Crippen molar-refractivity contribution in [2.45, 2.75) is 136 Å². The van der Waals surface area contributed by atoms with E-state index in [0.717, 1.165) is 0 Å². The molecule has 0 unspecified atom stereocenters. The van der Waals surface area contributed by atoms with Crippen LogP contribution < -0.4 is 0 Å². The normalized spacial score (nSPS) is 16.4. The molecule has 26 heavy (non-hydrogen) atoms. The third kappa shape index (κ3) is 12.4. The summed E-state index contributed by atoms with van der Waals surface area (Å²) < 4.78 is 1.48. The van der Waals surface area contributed by atoms with Crippen molar-refractivity contribution >= 4 is 0 Å². The Morgan fingerprint density at radius 1 is 0.423 bits per heavy atom. The van der Waals surface area contributed by atoms with Crippen LogP contribution in [-0.2, 0) is 0 Å². The summed E-state index contributed by atoms with van der Waals surface area (Å²) in [5.74, 6) is 0. The van der Waals surface area contributed by atoms with Gasteiger partial charge in [-0.05, 0) is 19.3 Å². The molecule has 1 nitrogen and oxygen atoms in total. The van der Waals surface area contributed by atoms with E-state index in [1.165, 1.54) is 153 Å². The molecule has 0 saturated carbocycles. The van der Waals surface area contributed by atoms with Crippen LogP contribution in [0.3, 0.4) is 0 Å². The minimum Gasteiger partial charge on any atom is -0.324 e. The van der Waals surface area contributed by atoms with Crippen LogP contribution in [0.5, 0.6) is 0 Å². The molecule has 1 heterocycles. The molecule has 0 radical (unpaired) electrons. The Kier molecular flexibility index (Phi) is 15.8. The largest absolute Gasteiger partial charge is 0.324 e. The second-order valence-electron chi connectivity index (χ2n) is 9.25. The summed E-state index contributed by atoms with van der Waals surface area (Å²) in [7, 11) is 0. The highest BCUT2D eigenvalue weighted by Gasteiger charge is 2.30. The Balaban J connectivity index is 1.82. The van der Waals surface area contributed by atoms with Crippen LogP contribution in [-0.4, -0.2) is 30.7 Å². The molecule has 1 saturated heterocycles. The molecule has 1 heteroatoms. The van der Waals surface area contributed by atoms with Gasteiger partial charge in [-0.3, -0.25) is 0 Å². The third-order valence-corrected chi connectivity index (χ3v) is 6.74. The SMILES string of the molecule is CCCCCCCCCCCCCCCCC[N+]1(CCCC)CCCC1. The van der Waals surface area contributed by atoms with Gasteiger partial charge >= 0.3 is 0 Å². The molecule has 0 bridgehead atoms. The summed E-state index contributed by atoms with van der Waals surface area (Å²) in [6, 6.07) is 0. The minimum atomic E-state index is 1.37. The number of likely N-dealkylation sites (tertiary alicyclic amines) is 1. The first-order valence-electron chi connectivity index (χ1n) is 12.7. The molecule has 1 fully saturated rings. The zero-order chi connectivity index (χ0) is 18.8. The second kappa shape index (κ2) is 17.1. The average Bonchev–Trinajstić information content (AvgIpc) is 3.12. The van der Waals surface area contributed by atoms with Gasteiger partial charge in [0.15, 0.2) is 0 Å². The van der Waals surface area contributed by atoms with Crippen LogP contribution >= 0.6 is 0 Å². The number of hydrogen-bond acceptors (Lipinski definition) is 0. The number of hydrogen-bond donors (Lipinski definition) is 0. The highest BCUT2D eigenvalue weighted by Crippen LogP contribution is 2.22. The summed E-state index contributed by atoms with van der Waals surface area (Å²) in [6.07, 6.45) is 27.9. The lowest BCUT2D eigenvalue weighted by Gasteiger charge is -2.34. The van der Waals surface area contributed by atoms with Gasteiger partial charge in [-0.2, -0.15) is 0 Å². The monoisotopic (exact) mass is 366 g/mol. The molecule has 0 atom stereocenters. The van der Waals surface area contributed by atoms with Gasteiger partial charge in [-0.15, -0.1) is 0 Å². The molecule has 156 valence electrons. The molecular weight excluding hydrogens is 314 g/mol. The fourth-order valence-electron chi connectivity index (χ4n) is 4.88. The van der Waals surface area contributed by atoms with Gasteiger partial charge in [0.2, 0.25) is 0 Å². The topological polar surface area (TPSA) is 0 Å². The fraction of sp³-hybridized carbons (Fsp3) is 1.00. The highest BCUT2D eigenvalue weighted by atomic mass is 15.4. The third-order valence-electron chi connectivity index (χ3n) is 6.74. The molecule has 0 aromatic carbocycles. The van der Waals surface area contributed by atoms with Crippen LogP contribution in [0.25, 0.3) is 0 Å². The van der Waals surface area contributed by atoms with E-state index in [1.807, 2.05) is 0 Å². The van der Waals surface area contributed by atoms with E-state index in [1.54, 1.807) is 0 Å². The second-order valence-corrected chi connectivity index (χ2v) is 9.25. The summed E-state index contributed by atoms with van der Waals surface area (Å²) in [5.41, 5.74) is 0. The number of unbranched alkanes of at least 4 members (excludes halogenated alkanes) is 15. The summed E-state index contributed by atoms with van der Waals surface area (Å²) in [6.45, 7) is 10.6. The number of rotatable bonds is 19. The standard InChI is InChI=1S/C25H52N/c1-3-5-7-8-9-10-11-12-13-14-15-16-17-18-19-23-26(22-6-4-2)24-20-21-25-26/h3-25H2,1-2H3/q+1. The maximum atomic E-state index is 2.35. The van der Waals surface area contributed by atoms with Crippen molar-refractivity contribution in [3.8, 4) is 0 Å². The van der Waals surface area contributed by atoms with Crippen molar-refractivity contribution in [1.29, 1.82) is 0 Å². The Hall–Kier alpha value is -0.0400. The Morgan fingerprint density at radius 3 is 1.19 bits per heavy atom. The van der Waals surface area contributed by atoms with Gasteiger partial charge in [0.25, 0.3) is 0 Å². The van der Waals surface area contributed by atoms with Crippen molar-refractivity contribution in [2.24, 2.45) is 0 Å². The van der Waals surface area contributed by atoms with Crippen molar-refractivity contribution in [3.63, 3.8) is 0 Å². The molecule has 0 aromatic heterocycles. The molecular formula is C25H52N+. The van der Waals surface area contributed by atoms with Gasteiger partial charge in [0, 0.05) is 12.8 Å². The van der Waals surface area contributed by atoms with E-state index in [4.69, 9.17) is 0 Å². The molecule has 1 rings (SSSR count). The van der Waals surface area contributed by atoms with E-state index < -0.39 is 0 Å². The molecule has 0 aliphatic carbocycles. The van der Waals surface area contributed by atoms with Gasteiger partial charge < -0.3 is 4.48 Å². The predicted molar refractivity (Wildman–Crippen MR) is 119 cm³/mol. The van der Waals surface area contributed by atoms with Crippen LogP contribution in [0.1, 0.15) is 136 Å². The van der Waals surface area contributed by atoms with Crippen molar-refractivity contribution in [2.75, 3.05) is 26.2 Å². The fourth-order valence-corrected chi connectivity index (χ4v) is 4.88. The smallest absolute Gasteiger partial charge is 0.0788 e. The first kappa shape index (κ1) is 24.0. The zero-order valence-corrected chi connectivity index (χ0v) is 18.7. The van der Waals surface area contributed by atoms with Crippen molar-refractivity contribution in [1.82, 2.24) is 0 Å². The Morgan fingerprint density at radius 2 is 0.769 bits per heavy atom. The summed E-state index contributed by atoms with van der Waals surface area (Å²) >= 11 is 0. The minimum absolute atomic E-state index is 1.37. The molecule has 0 N–H and O–H groups in total. The lowest BCUT2D eigenvalue weighted by atomic mass is 10.0. The average molecular weight is 367 g/mol. The summed E-state index contributed by atoms with van der Waals surface area (Å²) in [4.78, 5) is 0. The lowest BCUT2D eigenvalue weighted by molar-refractivity contribution is -0.917. The first-order valence-corrected chi connectivity index (χ1v) is 12.7. The van der Waals surface area contributed by atoms with Gasteiger partial charge in [-0.1, -0.05) is 104 Å². The molecule has 0 amide bonds. The van der Waals surface area contributed by atoms with Crippen LogP contribution in [0.4, 0.5) is 0 Å². The molecule has 1 aliphatic rings. The van der Waals surface area contributed by atoms with Crippen LogP contribution in [0, 0.1) is 0 Å². The van der Waals surface area contributed by atoms with Gasteiger partial charge in [0.05, 0.1) is 26.2 Å². The molecule has 0 aromatic rings. The quantitative estimate of drug-likeness (QED) is 0.159. The maximum absolute atomic E-state index is 2.35. The zero-order valence-electron chi connectivity index (χ0n) is 18.7. The highest BCUT2D eigenvalue weighted by molar-refractivity contribution is 4.56. The lowest BCUT2D eigenvalue weighted by Crippen LogP contribution is -2.46. The summed E-state index contributed by atoms with van der Waals surface area (Å²) in [5, 5.41) is 0. The Bertz CT molecular complexity index is 280. The van der Waals surface area contributed by atoms with Crippen molar-refractivity contribution < 1.29 is 4.48 Å².